The van der Waals surface area contributed by atoms with Crippen molar-refractivity contribution in [1.29, 1.82) is 0 Å². The van der Waals surface area contributed by atoms with Crippen molar-refractivity contribution in [3.63, 3.8) is 0 Å². The van der Waals surface area contributed by atoms with Crippen molar-refractivity contribution in [2.24, 2.45) is 5.41 Å². The molecule has 7 nitrogen and oxygen atoms in total. The number of aliphatic hydroxyl groups excluding tert-OH is 1. The zero-order valence-corrected chi connectivity index (χ0v) is 13.9. The predicted molar refractivity (Wildman–Crippen MR) is 91.5 cm³/mol. The number of imidazole rings is 1. The van der Waals surface area contributed by atoms with E-state index in [2.05, 4.69) is 24.8 Å². The molecule has 4 N–H and O–H groups in total. The second-order valence-electron chi connectivity index (χ2n) is 7.31. The number of nitrogens with two attached hydrogens (primary N) is 1. The van der Waals surface area contributed by atoms with E-state index < -0.39 is 0 Å². The SMILES string of the molecule is Cc1nccn1CC1(CNc2cc(C3CC(O)C3)nc(N)n2)CC1. The number of aromatic nitrogens is 4. The molecule has 0 saturated heterocycles. The van der Waals surface area contributed by atoms with Gasteiger partial charge in [0.25, 0.3) is 0 Å². The average molecular weight is 328 g/mol. The number of aryl methyl sites for hydroxylation is 1. The lowest BCUT2D eigenvalue weighted by molar-refractivity contribution is 0.0732. The zero-order chi connectivity index (χ0) is 16.7. The van der Waals surface area contributed by atoms with Crippen molar-refractivity contribution in [1.82, 2.24) is 19.5 Å². The third-order valence-corrected chi connectivity index (χ3v) is 5.33. The van der Waals surface area contributed by atoms with Crippen molar-refractivity contribution < 1.29 is 5.11 Å². The Morgan fingerprint density at radius 1 is 1.38 bits per heavy atom. The number of hydrogen-bond donors (Lipinski definition) is 3. The van der Waals surface area contributed by atoms with Crippen LogP contribution in [0.4, 0.5) is 11.8 Å². The normalized spacial score (nSPS) is 24.4. The molecule has 2 aromatic heterocycles. The molecule has 2 saturated carbocycles. The molecule has 4 rings (SSSR count). The summed E-state index contributed by atoms with van der Waals surface area (Å²) in [6.07, 6.45) is 7.64. The molecule has 0 aliphatic heterocycles. The summed E-state index contributed by atoms with van der Waals surface area (Å²) in [4.78, 5) is 12.9. The van der Waals surface area contributed by atoms with Crippen molar-refractivity contribution in [3.8, 4) is 0 Å². The number of anilines is 2. The molecule has 0 bridgehead atoms. The van der Waals surface area contributed by atoms with Gasteiger partial charge in [0.1, 0.15) is 11.6 Å². The van der Waals surface area contributed by atoms with Crippen LogP contribution in [0.5, 0.6) is 0 Å². The van der Waals surface area contributed by atoms with E-state index in [-0.39, 0.29) is 11.5 Å². The van der Waals surface area contributed by atoms with Crippen LogP contribution in [0.15, 0.2) is 18.5 Å². The minimum Gasteiger partial charge on any atom is -0.393 e. The van der Waals surface area contributed by atoms with Gasteiger partial charge in [-0.1, -0.05) is 0 Å². The number of rotatable bonds is 6. The Labute approximate surface area is 141 Å². The molecular formula is C17H24N6O. The van der Waals surface area contributed by atoms with Crippen molar-refractivity contribution >= 4 is 11.8 Å². The summed E-state index contributed by atoms with van der Waals surface area (Å²) in [7, 11) is 0. The van der Waals surface area contributed by atoms with Crippen molar-refractivity contribution in [3.05, 3.63) is 30.0 Å². The molecule has 128 valence electrons. The second-order valence-corrected chi connectivity index (χ2v) is 7.31. The van der Waals surface area contributed by atoms with Gasteiger partial charge in [-0.05, 0) is 32.6 Å². The van der Waals surface area contributed by atoms with E-state index >= 15 is 0 Å². The van der Waals surface area contributed by atoms with Crippen LogP contribution in [0.2, 0.25) is 0 Å². The highest BCUT2D eigenvalue weighted by Gasteiger charge is 2.43. The first kappa shape index (κ1) is 15.4. The van der Waals surface area contributed by atoms with Crippen LogP contribution in [-0.2, 0) is 6.54 Å². The van der Waals surface area contributed by atoms with E-state index in [1.54, 1.807) is 0 Å². The fraction of sp³-hybridized carbons (Fsp3) is 0.588. The fourth-order valence-corrected chi connectivity index (χ4v) is 3.39. The molecule has 2 fully saturated rings. The van der Waals surface area contributed by atoms with Crippen LogP contribution >= 0.6 is 0 Å². The zero-order valence-electron chi connectivity index (χ0n) is 13.9. The Kier molecular flexibility index (Phi) is 3.68. The van der Waals surface area contributed by atoms with Crippen molar-refractivity contribution in [2.75, 3.05) is 17.6 Å². The fourth-order valence-electron chi connectivity index (χ4n) is 3.39. The summed E-state index contributed by atoms with van der Waals surface area (Å²) in [6, 6.07) is 1.98. The highest BCUT2D eigenvalue weighted by molar-refractivity contribution is 5.42. The average Bonchev–Trinajstić information content (AvgIpc) is 3.17. The lowest BCUT2D eigenvalue weighted by atomic mass is 9.80. The van der Waals surface area contributed by atoms with Gasteiger partial charge in [-0.15, -0.1) is 0 Å². The Morgan fingerprint density at radius 2 is 2.17 bits per heavy atom. The van der Waals surface area contributed by atoms with Gasteiger partial charge in [0, 0.05) is 42.9 Å². The number of nitrogen functional groups attached to an aromatic ring is 1. The molecule has 0 aromatic carbocycles. The molecule has 0 unspecified atom stereocenters. The van der Waals surface area contributed by atoms with E-state index in [1.807, 2.05) is 25.4 Å². The molecule has 7 heteroatoms. The summed E-state index contributed by atoms with van der Waals surface area (Å²) in [6.45, 7) is 3.88. The van der Waals surface area contributed by atoms with Crippen LogP contribution in [0.1, 0.15) is 43.1 Å². The second kappa shape index (κ2) is 5.73. The molecule has 0 radical (unpaired) electrons. The molecule has 24 heavy (non-hydrogen) atoms. The van der Waals surface area contributed by atoms with Gasteiger partial charge in [0.15, 0.2) is 0 Å². The van der Waals surface area contributed by atoms with Gasteiger partial charge in [-0.3, -0.25) is 0 Å². The maximum absolute atomic E-state index is 9.48. The van der Waals surface area contributed by atoms with Gasteiger partial charge in [-0.25, -0.2) is 9.97 Å². The van der Waals surface area contributed by atoms with E-state index in [0.29, 0.717) is 11.9 Å². The Morgan fingerprint density at radius 3 is 2.79 bits per heavy atom. The first-order chi connectivity index (χ1) is 11.5. The monoisotopic (exact) mass is 328 g/mol. The van der Waals surface area contributed by atoms with Crippen LogP contribution < -0.4 is 11.1 Å². The molecule has 2 aliphatic rings. The number of aliphatic hydroxyl groups is 1. The number of nitrogens with zero attached hydrogens (tertiary/aromatic N) is 4. The summed E-state index contributed by atoms with van der Waals surface area (Å²) in [5, 5.41) is 12.9. The lowest BCUT2D eigenvalue weighted by Crippen LogP contribution is -2.28. The third-order valence-electron chi connectivity index (χ3n) is 5.33. The van der Waals surface area contributed by atoms with Gasteiger partial charge in [-0.2, -0.15) is 4.98 Å². The van der Waals surface area contributed by atoms with Gasteiger partial charge >= 0.3 is 0 Å². The van der Waals surface area contributed by atoms with Crippen LogP contribution in [0.3, 0.4) is 0 Å². The molecule has 2 heterocycles. The largest absolute Gasteiger partial charge is 0.393 e. The minimum atomic E-state index is -0.198. The maximum atomic E-state index is 9.48. The van der Waals surface area contributed by atoms with Crippen LogP contribution in [0, 0.1) is 12.3 Å². The van der Waals surface area contributed by atoms with Crippen LogP contribution in [0.25, 0.3) is 0 Å². The van der Waals surface area contributed by atoms with Crippen molar-refractivity contribution in [2.45, 2.75) is 51.2 Å². The summed E-state index contributed by atoms with van der Waals surface area (Å²) in [5.74, 6) is 2.44. The van der Waals surface area contributed by atoms with Crippen LogP contribution in [-0.4, -0.2) is 37.3 Å². The third kappa shape index (κ3) is 3.08. The molecule has 2 aromatic rings. The van der Waals surface area contributed by atoms with E-state index in [4.69, 9.17) is 5.73 Å². The first-order valence-corrected chi connectivity index (χ1v) is 8.57. The van der Waals surface area contributed by atoms with E-state index in [1.165, 1.54) is 12.8 Å². The Balaban J connectivity index is 1.41. The summed E-state index contributed by atoms with van der Waals surface area (Å²) < 4.78 is 2.21. The Hall–Kier alpha value is -2.15. The standard InChI is InChI=1S/C17H24N6O/c1-11-19-4-5-23(11)10-17(2-3-17)9-20-15-8-14(21-16(18)22-15)12-6-13(24)7-12/h4-5,8,12-13,24H,2-3,6-7,9-10H2,1H3,(H3,18,20,21,22). The molecule has 0 spiro atoms. The quantitative estimate of drug-likeness (QED) is 0.746. The smallest absolute Gasteiger partial charge is 0.222 e. The predicted octanol–water partition coefficient (Wildman–Crippen LogP) is 1.69. The number of hydrogen-bond acceptors (Lipinski definition) is 6. The topological polar surface area (TPSA) is 102 Å². The Bertz CT molecular complexity index is 732. The minimum absolute atomic E-state index is 0.198. The molecule has 0 atom stereocenters. The van der Waals surface area contributed by atoms with Gasteiger partial charge in [0.2, 0.25) is 5.95 Å². The van der Waals surface area contributed by atoms with Gasteiger partial charge < -0.3 is 20.7 Å². The number of nitrogens with one attached hydrogen (secondary N) is 1. The summed E-state index contributed by atoms with van der Waals surface area (Å²) in [5.41, 5.74) is 7.07. The highest BCUT2D eigenvalue weighted by Crippen LogP contribution is 2.47. The lowest BCUT2D eigenvalue weighted by Gasteiger charge is -2.31. The highest BCUT2D eigenvalue weighted by atomic mass is 16.3. The van der Waals surface area contributed by atoms with E-state index in [9.17, 15) is 5.11 Å². The molecule has 0 amide bonds. The first-order valence-electron chi connectivity index (χ1n) is 8.57. The van der Waals surface area contributed by atoms with Gasteiger partial charge in [0.05, 0.1) is 11.8 Å². The summed E-state index contributed by atoms with van der Waals surface area (Å²) >= 11 is 0. The molecule has 2 aliphatic carbocycles. The maximum Gasteiger partial charge on any atom is 0.222 e. The van der Waals surface area contributed by atoms with E-state index in [0.717, 1.165) is 43.3 Å². The molecular weight excluding hydrogens is 304 g/mol.